The molecule has 0 aromatic rings. The second-order valence-electron chi connectivity index (χ2n) is 9.83. The molecule has 0 bridgehead atoms. The van der Waals surface area contributed by atoms with Crippen LogP contribution in [0.3, 0.4) is 0 Å². The predicted molar refractivity (Wildman–Crippen MR) is 112 cm³/mol. The molecule has 3 fully saturated rings. The molecule has 0 amide bonds. The van der Waals surface area contributed by atoms with Crippen molar-refractivity contribution in [3.63, 3.8) is 0 Å². The molecule has 3 nitrogen and oxygen atoms in total. The molecule has 3 rings (SSSR count). The molecule has 3 unspecified atom stereocenters. The Morgan fingerprint density at radius 1 is 0.692 bits per heavy atom. The molecule has 2 heterocycles. The van der Waals surface area contributed by atoms with Crippen molar-refractivity contribution in [2.45, 2.75) is 133 Å². The number of nitrogens with two attached hydrogens (primary N) is 1. The van der Waals surface area contributed by atoms with Gasteiger partial charge >= 0.3 is 8.56 Å². The Labute approximate surface area is 163 Å². The van der Waals surface area contributed by atoms with E-state index in [2.05, 4.69) is 20.8 Å². The third-order valence-corrected chi connectivity index (χ3v) is 13.3. The van der Waals surface area contributed by atoms with E-state index in [1.54, 1.807) is 0 Å². The largest absolute Gasteiger partial charge is 0.388 e. The van der Waals surface area contributed by atoms with Gasteiger partial charge in [0.1, 0.15) is 0 Å². The van der Waals surface area contributed by atoms with E-state index in [9.17, 15) is 0 Å². The van der Waals surface area contributed by atoms with E-state index in [4.69, 9.17) is 14.6 Å². The van der Waals surface area contributed by atoms with E-state index < -0.39 is 8.56 Å². The minimum absolute atomic E-state index is 0.0257. The fourth-order valence-electron chi connectivity index (χ4n) is 6.23. The average molecular weight is 382 g/mol. The lowest BCUT2D eigenvalue weighted by Gasteiger charge is -2.80. The summed E-state index contributed by atoms with van der Waals surface area (Å²) in [5.41, 5.74) is 5.87. The van der Waals surface area contributed by atoms with E-state index in [0.29, 0.717) is 0 Å². The van der Waals surface area contributed by atoms with Gasteiger partial charge in [-0.1, -0.05) is 77.6 Å². The molecule has 0 aromatic carbocycles. The molecule has 3 aliphatic rings. The van der Waals surface area contributed by atoms with Crippen LogP contribution in [0, 0.1) is 0 Å². The van der Waals surface area contributed by atoms with Crippen molar-refractivity contribution in [1.82, 2.24) is 0 Å². The standard InChI is InChI=1S/C22H43NO2Si/c1-20-16-13-11-9-7-5-4-6-8-10-12-14-17-21(2)22(20,3)26(24-20,25-21)19-15-18-23/h4-19,23H2,1-3H3/t20-,21?,22?,26?/m0/s1. The highest BCUT2D eigenvalue weighted by Gasteiger charge is 2.87. The molecule has 0 radical (unpaired) electrons. The molecular weight excluding hydrogens is 338 g/mol. The maximum absolute atomic E-state index is 6.72. The molecule has 152 valence electrons. The topological polar surface area (TPSA) is 44.5 Å². The van der Waals surface area contributed by atoms with Crippen molar-refractivity contribution >= 4 is 8.56 Å². The van der Waals surface area contributed by atoms with E-state index in [1.165, 1.54) is 83.5 Å². The zero-order chi connectivity index (χ0) is 18.7. The van der Waals surface area contributed by atoms with Crippen molar-refractivity contribution < 1.29 is 8.85 Å². The van der Waals surface area contributed by atoms with Crippen molar-refractivity contribution in [3.8, 4) is 0 Å². The second-order valence-corrected chi connectivity index (χ2v) is 13.2. The highest BCUT2D eigenvalue weighted by atomic mass is 28.4. The molecule has 4 atom stereocenters. The minimum Gasteiger partial charge on any atom is -0.388 e. The van der Waals surface area contributed by atoms with Crippen LogP contribution in [0.15, 0.2) is 0 Å². The van der Waals surface area contributed by atoms with Crippen LogP contribution >= 0.6 is 0 Å². The number of hydrogen-bond acceptors (Lipinski definition) is 3. The molecule has 2 saturated heterocycles. The maximum atomic E-state index is 6.72. The van der Waals surface area contributed by atoms with Crippen LogP contribution < -0.4 is 5.73 Å². The van der Waals surface area contributed by atoms with Gasteiger partial charge in [-0.3, -0.25) is 0 Å². The van der Waals surface area contributed by atoms with Crippen LogP contribution in [0.2, 0.25) is 11.1 Å². The number of rotatable bonds is 3. The SMILES string of the molecule is CC12CCCCCCCCCCCCC[C@]3(C)O[Si](CCCN)(O1)C23C. The van der Waals surface area contributed by atoms with Crippen molar-refractivity contribution in [3.05, 3.63) is 0 Å². The Morgan fingerprint density at radius 2 is 1.08 bits per heavy atom. The van der Waals surface area contributed by atoms with E-state index >= 15 is 0 Å². The van der Waals surface area contributed by atoms with Gasteiger partial charge in [0.2, 0.25) is 0 Å². The van der Waals surface area contributed by atoms with Gasteiger partial charge in [-0.25, -0.2) is 0 Å². The highest BCUT2D eigenvalue weighted by Crippen LogP contribution is 2.78. The van der Waals surface area contributed by atoms with Crippen LogP contribution in [0.4, 0.5) is 0 Å². The quantitative estimate of drug-likeness (QED) is 0.592. The summed E-state index contributed by atoms with van der Waals surface area (Å²) in [5, 5.41) is 0.263. The summed E-state index contributed by atoms with van der Waals surface area (Å²) in [7, 11) is -2.05. The first-order chi connectivity index (χ1) is 12.4. The highest BCUT2D eigenvalue weighted by molar-refractivity contribution is 6.77. The van der Waals surface area contributed by atoms with Gasteiger partial charge in [0, 0.05) is 0 Å². The van der Waals surface area contributed by atoms with Crippen LogP contribution in [-0.2, 0) is 8.85 Å². The summed E-state index contributed by atoms with van der Waals surface area (Å²) in [6.45, 7) is 8.06. The zero-order valence-electron chi connectivity index (χ0n) is 17.7. The maximum Gasteiger partial charge on any atom is 0.351 e. The van der Waals surface area contributed by atoms with Gasteiger partial charge in [0.25, 0.3) is 0 Å². The molecular formula is C22H43NO2Si. The number of hydrogen-bond donors (Lipinski definition) is 1. The summed E-state index contributed by atoms with van der Waals surface area (Å²) in [5.74, 6) is 0. The van der Waals surface area contributed by atoms with Crippen molar-refractivity contribution in [2.24, 2.45) is 5.73 Å². The smallest absolute Gasteiger partial charge is 0.351 e. The monoisotopic (exact) mass is 381 g/mol. The lowest BCUT2D eigenvalue weighted by molar-refractivity contribution is -0.257. The second kappa shape index (κ2) is 8.22. The van der Waals surface area contributed by atoms with Crippen LogP contribution in [-0.4, -0.2) is 26.3 Å². The average Bonchev–Trinajstić information content (AvgIpc) is 2.62. The molecule has 1 saturated carbocycles. The molecule has 2 aliphatic heterocycles. The summed E-state index contributed by atoms with van der Waals surface area (Å²) >= 11 is 0. The Hall–Kier alpha value is 0.0969. The Balaban J connectivity index is 1.70. The summed E-state index contributed by atoms with van der Waals surface area (Å²) in [6, 6.07) is 1.09. The Kier molecular flexibility index (Phi) is 6.59. The van der Waals surface area contributed by atoms with E-state index in [1.807, 2.05) is 0 Å². The van der Waals surface area contributed by atoms with Gasteiger partial charge in [-0.15, -0.1) is 0 Å². The van der Waals surface area contributed by atoms with E-state index in [0.717, 1.165) is 19.0 Å². The third-order valence-electron chi connectivity index (χ3n) is 8.18. The summed E-state index contributed by atoms with van der Waals surface area (Å²) in [6.07, 6.45) is 18.8. The van der Waals surface area contributed by atoms with Crippen LogP contribution in [0.1, 0.15) is 111 Å². The molecule has 4 heteroatoms. The minimum atomic E-state index is -2.05. The Morgan fingerprint density at radius 3 is 1.46 bits per heavy atom. The van der Waals surface area contributed by atoms with Gasteiger partial charge in [0.05, 0.1) is 16.2 Å². The van der Waals surface area contributed by atoms with Gasteiger partial charge in [0.15, 0.2) is 0 Å². The predicted octanol–water partition coefficient (Wildman–Crippen LogP) is 6.20. The zero-order valence-corrected chi connectivity index (χ0v) is 18.7. The molecule has 1 aliphatic carbocycles. The normalized spacial score (nSPS) is 45.2. The molecule has 0 spiro atoms. The van der Waals surface area contributed by atoms with Gasteiger partial charge in [-0.2, -0.15) is 0 Å². The van der Waals surface area contributed by atoms with E-state index in [-0.39, 0.29) is 16.2 Å². The Bertz CT molecular complexity index is 441. The fourth-order valence-corrected chi connectivity index (χ4v) is 11.8. The third kappa shape index (κ3) is 3.33. The molecule has 26 heavy (non-hydrogen) atoms. The lowest BCUT2D eigenvalue weighted by Crippen LogP contribution is -2.90. The first-order valence-electron chi connectivity index (χ1n) is 11.5. The first kappa shape index (κ1) is 20.8. The fraction of sp³-hybridized carbons (Fsp3) is 1.00. The van der Waals surface area contributed by atoms with Gasteiger partial charge < -0.3 is 14.6 Å². The van der Waals surface area contributed by atoms with Crippen molar-refractivity contribution in [2.75, 3.05) is 6.54 Å². The van der Waals surface area contributed by atoms with Crippen LogP contribution in [0.5, 0.6) is 0 Å². The summed E-state index contributed by atoms with van der Waals surface area (Å²) < 4.78 is 13.4. The lowest BCUT2D eigenvalue weighted by atomic mass is 9.71. The molecule has 0 aromatic heterocycles. The van der Waals surface area contributed by atoms with Gasteiger partial charge in [-0.05, 0) is 45.7 Å². The van der Waals surface area contributed by atoms with Crippen molar-refractivity contribution in [1.29, 1.82) is 0 Å². The van der Waals surface area contributed by atoms with Crippen LogP contribution in [0.25, 0.3) is 0 Å². The molecule has 2 N–H and O–H groups in total. The summed E-state index contributed by atoms with van der Waals surface area (Å²) in [4.78, 5) is 0. The first-order valence-corrected chi connectivity index (χ1v) is 13.6.